The minimum absolute atomic E-state index is 0.0714. The van der Waals surface area contributed by atoms with Gasteiger partial charge in [0.1, 0.15) is 5.75 Å². The van der Waals surface area contributed by atoms with Crippen molar-refractivity contribution in [2.45, 2.75) is 72.4 Å². The highest BCUT2D eigenvalue weighted by Crippen LogP contribution is 2.29. The topological polar surface area (TPSA) is 76.6 Å². The summed E-state index contributed by atoms with van der Waals surface area (Å²) in [4.78, 5) is 35.6. The van der Waals surface area contributed by atoms with E-state index in [0.717, 1.165) is 54.0 Å². The molecule has 0 saturated heterocycles. The molecule has 0 aliphatic rings. The number of hydrogen-bond donors (Lipinski definition) is 1. The monoisotopic (exact) mass is 751 g/mol. The number of nitrogens with zero attached hydrogens (tertiary/aromatic N) is 4. The second-order valence-electron chi connectivity index (χ2n) is 16.2. The molecule has 0 bridgehead atoms. The Hall–Kier alpha value is -5.22. The number of rotatable bonds is 16. The minimum atomic E-state index is -0.357. The highest BCUT2D eigenvalue weighted by molar-refractivity contribution is 6.17. The maximum Gasteiger partial charge on any atom is 0.569 e. The fourth-order valence-corrected chi connectivity index (χ4v) is 7.05. The Morgan fingerprint density at radius 2 is 1.04 bits per heavy atom. The van der Waals surface area contributed by atoms with E-state index in [1.54, 1.807) is 21.9 Å². The van der Waals surface area contributed by atoms with Gasteiger partial charge in [0, 0.05) is 64.5 Å². The minimum Gasteiger partial charge on any atom is -0.537 e. The van der Waals surface area contributed by atoms with Crippen LogP contribution < -0.4 is 4.65 Å². The van der Waals surface area contributed by atoms with Gasteiger partial charge in [0.05, 0.1) is 0 Å². The molecule has 1 N–H and O–H groups in total. The maximum absolute atomic E-state index is 13.9. The predicted octanol–water partition coefficient (Wildman–Crippen LogP) is 8.01. The van der Waals surface area contributed by atoms with Gasteiger partial charge >= 0.3 is 7.69 Å². The third-order valence-corrected chi connectivity index (χ3v) is 9.86. The summed E-state index contributed by atoms with van der Waals surface area (Å²) in [6.07, 6.45) is 0. The molecule has 2 amide bonds. The number of hydrogen-bond acceptors (Lipinski definition) is 6. The molecule has 0 heterocycles. The molecule has 0 unspecified atom stereocenters. The molecule has 5 aromatic rings. The van der Waals surface area contributed by atoms with Gasteiger partial charge in [-0.15, -0.1) is 0 Å². The van der Waals surface area contributed by atoms with Crippen molar-refractivity contribution in [3.05, 3.63) is 171 Å². The van der Waals surface area contributed by atoms with Crippen molar-refractivity contribution >= 4 is 19.5 Å². The first-order valence-electron chi connectivity index (χ1n) is 19.1. The summed E-state index contributed by atoms with van der Waals surface area (Å²) in [5.41, 5.74) is 9.79. The summed E-state index contributed by atoms with van der Waals surface area (Å²) in [5.74, 6) is 0.425. The molecule has 0 aromatic heterocycles. The Labute approximate surface area is 334 Å². The van der Waals surface area contributed by atoms with Gasteiger partial charge in [0.2, 0.25) is 0 Å². The second-order valence-corrected chi connectivity index (χ2v) is 16.2. The number of benzene rings is 5. The average molecular weight is 752 g/mol. The molecule has 0 aliphatic heterocycles. The van der Waals surface area contributed by atoms with E-state index in [1.807, 2.05) is 44.4 Å². The van der Waals surface area contributed by atoms with Crippen LogP contribution in [0.25, 0.3) is 0 Å². The summed E-state index contributed by atoms with van der Waals surface area (Å²) in [7, 11) is 8.52. The Morgan fingerprint density at radius 3 is 1.54 bits per heavy atom. The molecule has 9 heteroatoms. The molecule has 0 spiro atoms. The number of carbonyl (C=O) groups is 2. The lowest BCUT2D eigenvalue weighted by atomic mass is 9.82. The summed E-state index contributed by atoms with van der Waals surface area (Å²) in [6.45, 7) is 12.5. The summed E-state index contributed by atoms with van der Waals surface area (Å²) in [5, 5.41) is 8.93. The van der Waals surface area contributed by atoms with Gasteiger partial charge in [-0.05, 0) is 95.7 Å². The molecule has 1 radical (unpaired) electrons. The molecule has 291 valence electrons. The van der Waals surface area contributed by atoms with Gasteiger partial charge in [-0.25, -0.2) is 0 Å². The van der Waals surface area contributed by atoms with Crippen LogP contribution in [0, 0.1) is 6.92 Å². The standard InChI is InChI=1S/C47H56BN4O4/c1-34-11-9-12-39(25-34)30-49(5)28-35-17-21-38(22-18-35)33-52(8)46(54)43-24-23-41(27-44(43)47(2,3)4)45(53)51(7)32-37-19-15-36(16-20-37)29-50(6)31-40-13-10-14-42(26-40)56-48-55/h9-27,55H,28-33H2,1-8H3. The Morgan fingerprint density at radius 1 is 0.571 bits per heavy atom. The smallest absolute Gasteiger partial charge is 0.537 e. The Kier molecular flexibility index (Phi) is 14.3. The third-order valence-electron chi connectivity index (χ3n) is 9.86. The molecule has 56 heavy (non-hydrogen) atoms. The van der Waals surface area contributed by atoms with Crippen molar-refractivity contribution in [3.63, 3.8) is 0 Å². The normalized spacial score (nSPS) is 11.5. The maximum atomic E-state index is 13.9. The van der Waals surface area contributed by atoms with Crippen LogP contribution in [0.2, 0.25) is 0 Å². The van der Waals surface area contributed by atoms with Crippen molar-refractivity contribution in [2.24, 2.45) is 0 Å². The number of amides is 2. The summed E-state index contributed by atoms with van der Waals surface area (Å²) < 4.78 is 5.09. The first kappa shape index (κ1) is 41.9. The van der Waals surface area contributed by atoms with Crippen molar-refractivity contribution in [3.8, 4) is 5.75 Å². The van der Waals surface area contributed by atoms with Gasteiger partial charge < -0.3 is 19.5 Å². The number of aryl methyl sites for hydroxylation is 1. The van der Waals surface area contributed by atoms with Crippen LogP contribution in [0.5, 0.6) is 5.75 Å². The van der Waals surface area contributed by atoms with Crippen LogP contribution >= 0.6 is 0 Å². The average Bonchev–Trinajstić information content (AvgIpc) is 3.15. The second kappa shape index (κ2) is 19.1. The molecule has 0 aliphatic carbocycles. The highest BCUT2D eigenvalue weighted by atomic mass is 16.5. The van der Waals surface area contributed by atoms with E-state index in [2.05, 4.69) is 124 Å². The van der Waals surface area contributed by atoms with E-state index >= 15 is 0 Å². The summed E-state index contributed by atoms with van der Waals surface area (Å²) in [6, 6.07) is 38.5. The molecule has 5 rings (SSSR count). The van der Waals surface area contributed by atoms with E-state index < -0.39 is 0 Å². The van der Waals surface area contributed by atoms with Crippen LogP contribution in [0.1, 0.15) is 86.0 Å². The first-order chi connectivity index (χ1) is 26.7. The van der Waals surface area contributed by atoms with Crippen molar-refractivity contribution in [2.75, 3.05) is 28.2 Å². The third kappa shape index (κ3) is 11.9. The van der Waals surface area contributed by atoms with E-state index in [0.29, 0.717) is 37.7 Å². The molecule has 8 nitrogen and oxygen atoms in total. The lowest BCUT2D eigenvalue weighted by molar-refractivity contribution is 0.0771. The fourth-order valence-electron chi connectivity index (χ4n) is 7.05. The van der Waals surface area contributed by atoms with E-state index in [4.69, 9.17) is 9.68 Å². The van der Waals surface area contributed by atoms with Crippen LogP contribution in [-0.2, 0) is 44.7 Å². The van der Waals surface area contributed by atoms with Gasteiger partial charge in [0.15, 0.2) is 0 Å². The molecule has 5 aromatic carbocycles. The van der Waals surface area contributed by atoms with Crippen LogP contribution in [0.4, 0.5) is 0 Å². The van der Waals surface area contributed by atoms with Gasteiger partial charge in [0.25, 0.3) is 11.8 Å². The summed E-state index contributed by atoms with van der Waals surface area (Å²) >= 11 is 0. The van der Waals surface area contributed by atoms with Crippen LogP contribution in [-0.4, -0.2) is 72.3 Å². The van der Waals surface area contributed by atoms with E-state index in [1.165, 1.54) is 16.7 Å². The lowest BCUT2D eigenvalue weighted by Gasteiger charge is -2.27. The van der Waals surface area contributed by atoms with Gasteiger partial charge in [-0.3, -0.25) is 19.4 Å². The fraction of sp³-hybridized carbons (Fsp3) is 0.319. The van der Waals surface area contributed by atoms with Gasteiger partial charge in [-0.2, -0.15) is 0 Å². The zero-order chi connectivity index (χ0) is 40.4. The Balaban J connectivity index is 1.17. The lowest BCUT2D eigenvalue weighted by Crippen LogP contribution is -2.30. The Bertz CT molecular complexity index is 2080. The SMILES string of the molecule is Cc1cccc(CN(C)Cc2ccc(CN(C)C(=O)c3ccc(C(=O)N(C)Cc4ccc(CN(C)Cc5cccc(O[B]O)c5)cc4)cc3C(C)(C)C)cc2)c1. The van der Waals surface area contributed by atoms with Crippen LogP contribution in [0.15, 0.2) is 115 Å². The molecular formula is C47H56BN4O4. The first-order valence-corrected chi connectivity index (χ1v) is 19.1. The van der Waals surface area contributed by atoms with Crippen molar-refractivity contribution in [1.82, 2.24) is 19.6 Å². The van der Waals surface area contributed by atoms with Crippen molar-refractivity contribution < 1.29 is 19.3 Å². The van der Waals surface area contributed by atoms with E-state index in [9.17, 15) is 9.59 Å². The highest BCUT2D eigenvalue weighted by Gasteiger charge is 2.26. The molecule has 0 fully saturated rings. The molecule has 0 atom stereocenters. The zero-order valence-electron chi connectivity index (χ0n) is 34.3. The quantitative estimate of drug-likeness (QED) is 0.103. The molecule has 0 saturated carbocycles. The van der Waals surface area contributed by atoms with E-state index in [-0.39, 0.29) is 17.2 Å². The van der Waals surface area contributed by atoms with Crippen LogP contribution in [0.3, 0.4) is 0 Å². The molecular weight excluding hydrogens is 695 g/mol. The number of carbonyl (C=O) groups excluding carboxylic acids is 2. The zero-order valence-corrected chi connectivity index (χ0v) is 34.3. The largest absolute Gasteiger partial charge is 0.569 e. The van der Waals surface area contributed by atoms with Crippen molar-refractivity contribution in [1.29, 1.82) is 0 Å². The van der Waals surface area contributed by atoms with Gasteiger partial charge in [-0.1, -0.05) is 111 Å². The predicted molar refractivity (Wildman–Crippen MR) is 226 cm³/mol.